The third-order valence-corrected chi connectivity index (χ3v) is 3.31. The second-order valence-electron chi connectivity index (χ2n) is 6.63. The molecule has 7 nitrogen and oxygen atoms in total. The quantitative estimate of drug-likeness (QED) is 0.554. The van der Waals surface area contributed by atoms with E-state index < -0.39 is 12.0 Å². The predicted molar refractivity (Wildman–Crippen MR) is 81.6 cm³/mol. The van der Waals surface area contributed by atoms with Gasteiger partial charge in [0, 0.05) is 13.0 Å². The first-order chi connectivity index (χ1) is 10.2. The van der Waals surface area contributed by atoms with Crippen LogP contribution in [-0.2, 0) is 19.1 Å². The summed E-state index contributed by atoms with van der Waals surface area (Å²) in [6.45, 7) is 8.51. The van der Waals surface area contributed by atoms with Gasteiger partial charge in [0.2, 0.25) is 5.91 Å². The van der Waals surface area contributed by atoms with Gasteiger partial charge >= 0.3 is 5.97 Å². The average Bonchev–Trinajstić information content (AvgIpc) is 2.86. The number of carbonyl (C=O) groups is 3. The highest BCUT2D eigenvalue weighted by Crippen LogP contribution is 2.24. The minimum Gasteiger partial charge on any atom is -0.465 e. The Labute approximate surface area is 131 Å². The van der Waals surface area contributed by atoms with Gasteiger partial charge in [-0.05, 0) is 25.2 Å². The summed E-state index contributed by atoms with van der Waals surface area (Å²) in [7, 11) is 0. The van der Waals surface area contributed by atoms with Gasteiger partial charge in [-0.2, -0.15) is 0 Å². The molecule has 1 saturated heterocycles. The van der Waals surface area contributed by atoms with E-state index in [-0.39, 0.29) is 23.8 Å². The summed E-state index contributed by atoms with van der Waals surface area (Å²) in [6.07, 6.45) is 1.86. The molecule has 0 aromatic rings. The van der Waals surface area contributed by atoms with Crippen molar-refractivity contribution in [2.45, 2.75) is 53.0 Å². The highest BCUT2D eigenvalue weighted by Gasteiger charge is 2.35. The van der Waals surface area contributed by atoms with Crippen LogP contribution in [0.4, 0.5) is 0 Å². The number of nitrogens with one attached hydrogen (secondary N) is 2. The van der Waals surface area contributed by atoms with Crippen molar-refractivity contribution < 1.29 is 19.1 Å². The van der Waals surface area contributed by atoms with Gasteiger partial charge in [0.05, 0.1) is 6.61 Å². The van der Waals surface area contributed by atoms with Gasteiger partial charge in [0.25, 0.3) is 5.91 Å². The number of ether oxygens (including phenoxy) is 1. The fraction of sp³-hybridized carbons (Fsp3) is 0.800. The molecule has 1 aliphatic heterocycles. The zero-order valence-electron chi connectivity index (χ0n) is 13.9. The number of hydrogen-bond acceptors (Lipinski definition) is 5. The lowest BCUT2D eigenvalue weighted by atomic mass is 9.91. The molecule has 1 fully saturated rings. The number of amides is 2. The second kappa shape index (κ2) is 8.12. The summed E-state index contributed by atoms with van der Waals surface area (Å²) in [6, 6.07) is -0.468. The van der Waals surface area contributed by atoms with Crippen LogP contribution in [-0.4, -0.2) is 48.4 Å². The smallest absolute Gasteiger partial charge is 0.321 e. The van der Waals surface area contributed by atoms with Crippen LogP contribution < -0.4 is 10.9 Å². The van der Waals surface area contributed by atoms with E-state index in [9.17, 15) is 14.4 Å². The molecular weight excluding hydrogens is 286 g/mol. The first-order valence-corrected chi connectivity index (χ1v) is 7.72. The first-order valence-electron chi connectivity index (χ1n) is 7.72. The fourth-order valence-electron chi connectivity index (χ4n) is 2.39. The standard InChI is InChI=1S/C15H27N3O4/c1-5-22-13(20)10-16-17-14(21)11-7-6-8-18(11)12(19)9-15(2,3)4/h11,16H,5-10H2,1-4H3,(H,17,21). The zero-order chi connectivity index (χ0) is 16.8. The van der Waals surface area contributed by atoms with Crippen molar-refractivity contribution in [2.75, 3.05) is 19.7 Å². The Hall–Kier alpha value is -1.63. The van der Waals surface area contributed by atoms with E-state index in [1.54, 1.807) is 11.8 Å². The van der Waals surface area contributed by atoms with E-state index >= 15 is 0 Å². The highest BCUT2D eigenvalue weighted by atomic mass is 16.5. The van der Waals surface area contributed by atoms with Crippen LogP contribution in [0.15, 0.2) is 0 Å². The van der Waals surface area contributed by atoms with E-state index in [1.807, 2.05) is 20.8 Å². The summed E-state index contributed by atoms with van der Waals surface area (Å²) >= 11 is 0. The van der Waals surface area contributed by atoms with Gasteiger partial charge in [0.1, 0.15) is 12.6 Å². The number of nitrogens with zero attached hydrogens (tertiary/aromatic N) is 1. The number of hydrogen-bond donors (Lipinski definition) is 2. The molecular formula is C15H27N3O4. The number of rotatable bonds is 6. The van der Waals surface area contributed by atoms with Crippen LogP contribution in [0.2, 0.25) is 0 Å². The van der Waals surface area contributed by atoms with Crippen LogP contribution in [0.5, 0.6) is 0 Å². The largest absolute Gasteiger partial charge is 0.465 e. The molecule has 1 aliphatic rings. The van der Waals surface area contributed by atoms with Crippen LogP contribution in [0.1, 0.15) is 47.0 Å². The van der Waals surface area contributed by atoms with Gasteiger partial charge in [-0.25, -0.2) is 5.43 Å². The summed E-state index contributed by atoms with van der Waals surface area (Å²) in [5.74, 6) is -0.727. The van der Waals surface area contributed by atoms with Crippen molar-refractivity contribution in [1.29, 1.82) is 0 Å². The Bertz CT molecular complexity index is 418. The van der Waals surface area contributed by atoms with Crippen molar-refractivity contribution in [3.05, 3.63) is 0 Å². The number of carbonyl (C=O) groups excluding carboxylic acids is 3. The summed E-state index contributed by atoms with van der Waals surface area (Å²) in [5.41, 5.74) is 4.91. The Morgan fingerprint density at radius 1 is 1.27 bits per heavy atom. The lowest BCUT2D eigenvalue weighted by molar-refractivity contribution is -0.143. The molecule has 1 atom stereocenters. The molecule has 126 valence electrons. The zero-order valence-corrected chi connectivity index (χ0v) is 13.9. The molecule has 7 heteroatoms. The maximum atomic E-state index is 12.3. The molecule has 0 bridgehead atoms. The van der Waals surface area contributed by atoms with Crippen molar-refractivity contribution >= 4 is 17.8 Å². The Kier molecular flexibility index (Phi) is 6.80. The molecule has 0 aromatic carbocycles. The van der Waals surface area contributed by atoms with E-state index in [2.05, 4.69) is 10.9 Å². The van der Waals surface area contributed by atoms with Crippen LogP contribution >= 0.6 is 0 Å². The molecule has 0 radical (unpaired) electrons. The van der Waals surface area contributed by atoms with Crippen LogP contribution in [0.25, 0.3) is 0 Å². The molecule has 1 unspecified atom stereocenters. The van der Waals surface area contributed by atoms with Gasteiger partial charge in [-0.1, -0.05) is 20.8 Å². The van der Waals surface area contributed by atoms with Crippen LogP contribution in [0.3, 0.4) is 0 Å². The van der Waals surface area contributed by atoms with Crippen molar-refractivity contribution in [1.82, 2.24) is 15.8 Å². The van der Waals surface area contributed by atoms with Crippen molar-refractivity contribution in [2.24, 2.45) is 5.41 Å². The first kappa shape index (κ1) is 18.4. The van der Waals surface area contributed by atoms with Gasteiger partial charge < -0.3 is 9.64 Å². The lowest BCUT2D eigenvalue weighted by Crippen LogP contribution is -2.51. The topological polar surface area (TPSA) is 87.7 Å². The molecule has 1 heterocycles. The minimum atomic E-state index is -0.468. The van der Waals surface area contributed by atoms with Gasteiger partial charge in [0.15, 0.2) is 0 Å². The molecule has 22 heavy (non-hydrogen) atoms. The monoisotopic (exact) mass is 313 g/mol. The second-order valence-corrected chi connectivity index (χ2v) is 6.63. The molecule has 0 saturated carbocycles. The van der Waals surface area contributed by atoms with E-state index in [4.69, 9.17) is 4.74 Å². The highest BCUT2D eigenvalue weighted by molar-refractivity contribution is 5.88. The van der Waals surface area contributed by atoms with Crippen LogP contribution in [0, 0.1) is 5.41 Å². The molecule has 0 aromatic heterocycles. The van der Waals surface area contributed by atoms with E-state index in [0.717, 1.165) is 6.42 Å². The SMILES string of the molecule is CCOC(=O)CNNC(=O)C1CCCN1C(=O)CC(C)(C)C. The Balaban J connectivity index is 2.46. The fourth-order valence-corrected chi connectivity index (χ4v) is 2.39. The average molecular weight is 313 g/mol. The van der Waals surface area contributed by atoms with Crippen molar-refractivity contribution in [3.8, 4) is 0 Å². The molecule has 1 rings (SSSR count). The number of hydrazine groups is 1. The minimum absolute atomic E-state index is 0.00413. The third kappa shape index (κ3) is 6.01. The Morgan fingerprint density at radius 3 is 2.55 bits per heavy atom. The number of esters is 1. The molecule has 0 aliphatic carbocycles. The predicted octanol–water partition coefficient (Wildman–Crippen LogP) is 0.598. The summed E-state index contributed by atoms with van der Waals surface area (Å²) in [5, 5.41) is 0. The van der Waals surface area contributed by atoms with E-state index in [0.29, 0.717) is 26.0 Å². The molecule has 2 N–H and O–H groups in total. The normalized spacial score (nSPS) is 18.2. The molecule has 0 spiro atoms. The number of likely N-dealkylation sites (tertiary alicyclic amines) is 1. The van der Waals surface area contributed by atoms with Gasteiger partial charge in [-0.3, -0.25) is 19.8 Å². The maximum absolute atomic E-state index is 12.3. The molecule has 2 amide bonds. The maximum Gasteiger partial charge on any atom is 0.321 e. The van der Waals surface area contributed by atoms with Gasteiger partial charge in [-0.15, -0.1) is 0 Å². The summed E-state index contributed by atoms with van der Waals surface area (Å²) < 4.78 is 4.75. The Morgan fingerprint density at radius 2 is 1.95 bits per heavy atom. The summed E-state index contributed by atoms with van der Waals surface area (Å²) in [4.78, 5) is 37.2. The lowest BCUT2D eigenvalue weighted by Gasteiger charge is -2.27. The third-order valence-electron chi connectivity index (χ3n) is 3.31. The van der Waals surface area contributed by atoms with Crippen molar-refractivity contribution in [3.63, 3.8) is 0 Å². The van der Waals surface area contributed by atoms with E-state index in [1.165, 1.54) is 0 Å².